The van der Waals surface area contributed by atoms with Gasteiger partial charge in [0.25, 0.3) is 0 Å². The molecule has 2 aliphatic heterocycles. The first-order valence-electron chi connectivity index (χ1n) is 38.3. The van der Waals surface area contributed by atoms with Crippen LogP contribution in [0.15, 0.2) is 370 Å². The van der Waals surface area contributed by atoms with E-state index in [1.54, 1.807) is 35.7 Å². The van der Waals surface area contributed by atoms with Crippen molar-refractivity contribution < 1.29 is 57.5 Å². The second-order valence-electron chi connectivity index (χ2n) is 28.6. The minimum Gasteiger partial charge on any atom is -1.00 e. The first-order valence-corrected chi connectivity index (χ1v) is 46.7. The van der Waals surface area contributed by atoms with E-state index in [2.05, 4.69) is 156 Å². The Morgan fingerprint density at radius 3 is 0.897 bits per heavy atom. The predicted molar refractivity (Wildman–Crippen MR) is 537 cm³/mol. The Kier molecular flexibility index (Phi) is 25.4. The summed E-state index contributed by atoms with van der Waals surface area (Å²) in [6.07, 6.45) is 0.708. The molecule has 0 spiro atoms. The Morgan fingerprint density at radius 2 is 0.595 bits per heavy atom. The predicted octanol–water partition coefficient (Wildman–Crippen LogP) is 30.8. The van der Waals surface area contributed by atoms with Gasteiger partial charge in [-0.2, -0.15) is 0 Å². The number of para-hydroxylation sites is 12. The van der Waals surface area contributed by atoms with Crippen LogP contribution in [-0.2, 0) is 6.42 Å². The summed E-state index contributed by atoms with van der Waals surface area (Å²) in [6.45, 7) is 0. The van der Waals surface area contributed by atoms with Gasteiger partial charge in [0.15, 0.2) is 33.5 Å². The fourth-order valence-corrected chi connectivity index (χ4v) is 21.8. The van der Waals surface area contributed by atoms with E-state index < -0.39 is 0 Å². The van der Waals surface area contributed by atoms with Crippen LogP contribution >= 0.6 is 191 Å². The quantitative estimate of drug-likeness (QED) is 0.0318. The smallest absolute Gasteiger partial charge is 1.00 e. The number of benzene rings is 15. The van der Waals surface area contributed by atoms with Gasteiger partial charge in [-0.3, -0.25) is 0 Å². The maximum atomic E-state index is 6.82. The van der Waals surface area contributed by atoms with Crippen LogP contribution in [0.5, 0.6) is 0 Å². The van der Waals surface area contributed by atoms with Gasteiger partial charge in [-0.25, -0.2) is 29.9 Å². The summed E-state index contributed by atoms with van der Waals surface area (Å²) in [4.78, 5) is 40.0. The fraction of sp³-hybridized carbons (Fsp3) is 0.0103. The van der Waals surface area contributed by atoms with Gasteiger partial charge in [0, 0.05) is 86.0 Å². The van der Waals surface area contributed by atoms with Crippen molar-refractivity contribution in [3.8, 4) is 68.7 Å². The molecule has 0 fully saturated rings. The SMILES string of the molecule is Brc1cc2c3c(c1)Sc1cc(-c4nc5ccccc5o4)ccc1N3c1ccc(-c3nc4ccccc4o3)cc1S2.Clc1cc(Br)cc(Cl)c1I.Sc1cc(-c2nc3ccccc3o2)ccc1Cc1ccc(-c2nc3ccccc3o2)cc1S.Sc1cc(-c2nc3ccccc3o2)ccc1N(c1ccc(-c2nc3ccccc3o2)cc1S)c1c(Cl)cc(Br)cc1Cl.[H-].[Na+]. The number of hydrogen-bond acceptors (Lipinski definition) is 20. The molecule has 0 unspecified atom stereocenters. The van der Waals surface area contributed by atoms with Gasteiger partial charge in [0.05, 0.1) is 57.8 Å². The van der Waals surface area contributed by atoms with Gasteiger partial charge in [0.1, 0.15) is 33.1 Å². The van der Waals surface area contributed by atoms with Crippen LogP contribution in [0.1, 0.15) is 12.6 Å². The molecule has 8 heterocycles. The van der Waals surface area contributed by atoms with E-state index in [-0.39, 0.29) is 31.0 Å². The van der Waals surface area contributed by atoms with Crippen molar-refractivity contribution in [2.45, 2.75) is 45.6 Å². The molecule has 0 radical (unpaired) electrons. The van der Waals surface area contributed by atoms with Gasteiger partial charge in [-0.05, 0) is 246 Å². The number of thiol groups is 4. The van der Waals surface area contributed by atoms with E-state index in [1.807, 2.05) is 223 Å². The van der Waals surface area contributed by atoms with E-state index in [0.717, 1.165) is 159 Å². The van der Waals surface area contributed by atoms with Crippen LogP contribution in [-0.4, -0.2) is 29.9 Å². The summed E-state index contributed by atoms with van der Waals surface area (Å²) in [7, 11) is 0. The molecule has 0 saturated carbocycles. The molecule has 126 heavy (non-hydrogen) atoms. The van der Waals surface area contributed by atoms with E-state index >= 15 is 0 Å². The molecular formula is C97H55Br3Cl4IN8NaO6S6. The first-order chi connectivity index (χ1) is 60.8. The molecule has 0 N–H and O–H groups in total. The number of aromatic nitrogens is 6. The van der Waals surface area contributed by atoms with E-state index in [9.17, 15) is 0 Å². The van der Waals surface area contributed by atoms with Crippen LogP contribution in [0.3, 0.4) is 0 Å². The Bertz CT molecular complexity index is 7260. The zero-order chi connectivity index (χ0) is 85.4. The summed E-state index contributed by atoms with van der Waals surface area (Å²) in [5.41, 5.74) is 22.5. The van der Waals surface area contributed by atoms with Gasteiger partial charge in [0.2, 0.25) is 35.3 Å². The summed E-state index contributed by atoms with van der Waals surface area (Å²) in [5.74, 6) is 3.45. The number of fused-ring (bicyclic) bond motifs is 10. The Hall–Kier alpha value is -8.85. The molecular weight excluding hydrogens is 2100 g/mol. The van der Waals surface area contributed by atoms with Gasteiger partial charge in [-0.1, -0.05) is 203 Å². The molecule has 0 amide bonds. The zero-order valence-corrected chi connectivity index (χ0v) is 82.2. The Morgan fingerprint density at radius 1 is 0.325 bits per heavy atom. The third-order valence-electron chi connectivity index (χ3n) is 20.5. The van der Waals surface area contributed by atoms with Gasteiger partial charge >= 0.3 is 29.6 Å². The van der Waals surface area contributed by atoms with Gasteiger partial charge < -0.3 is 37.7 Å². The molecule has 23 rings (SSSR count). The topological polar surface area (TPSA) is 163 Å². The average molecular weight is 2150 g/mol. The normalized spacial score (nSPS) is 11.9. The molecule has 2 aliphatic rings. The molecule has 0 bridgehead atoms. The van der Waals surface area contributed by atoms with Crippen molar-refractivity contribution in [1.82, 2.24) is 29.9 Å². The molecule has 0 aliphatic carbocycles. The van der Waals surface area contributed by atoms with Crippen molar-refractivity contribution in [3.05, 3.63) is 339 Å². The van der Waals surface area contributed by atoms with Crippen molar-refractivity contribution in [2.24, 2.45) is 0 Å². The summed E-state index contributed by atoms with van der Waals surface area (Å²) >= 11 is 60.7. The third-order valence-corrected chi connectivity index (χ3v) is 28.5. The minimum absolute atomic E-state index is 0. The second kappa shape index (κ2) is 37.0. The van der Waals surface area contributed by atoms with Crippen LogP contribution in [0.4, 0.5) is 34.1 Å². The Labute approximate surface area is 832 Å². The number of halogens is 8. The van der Waals surface area contributed by atoms with Crippen LogP contribution in [0.25, 0.3) is 135 Å². The van der Waals surface area contributed by atoms with Crippen LogP contribution in [0.2, 0.25) is 20.1 Å². The summed E-state index contributed by atoms with van der Waals surface area (Å²) in [5, 5.41) is 2.25. The number of nitrogens with zero attached hydrogens (tertiary/aromatic N) is 8. The van der Waals surface area contributed by atoms with E-state index in [1.165, 1.54) is 15.5 Å². The summed E-state index contributed by atoms with van der Waals surface area (Å²) in [6, 6.07) is 94.7. The zero-order valence-electron chi connectivity index (χ0n) is 66.1. The van der Waals surface area contributed by atoms with Crippen LogP contribution < -0.4 is 39.4 Å². The average Bonchev–Trinajstić information content (AvgIpc) is 1.17. The Balaban J connectivity index is 0.000000122. The van der Waals surface area contributed by atoms with Crippen molar-refractivity contribution in [3.63, 3.8) is 0 Å². The molecule has 15 aromatic carbocycles. The molecule has 0 atom stereocenters. The van der Waals surface area contributed by atoms with Crippen molar-refractivity contribution in [1.29, 1.82) is 0 Å². The summed E-state index contributed by atoms with van der Waals surface area (Å²) < 4.78 is 39.6. The number of rotatable bonds is 11. The van der Waals surface area contributed by atoms with E-state index in [0.29, 0.717) is 88.5 Å². The second-order valence-corrected chi connectivity index (χ2v) is 38.1. The largest absolute Gasteiger partial charge is 1.00 e. The monoisotopic (exact) mass is 2150 g/mol. The fourth-order valence-electron chi connectivity index (χ4n) is 14.6. The number of hydrogen-bond donors (Lipinski definition) is 4. The molecule has 612 valence electrons. The number of oxazole rings is 6. The van der Waals surface area contributed by atoms with E-state index in [4.69, 9.17) is 133 Å². The molecule has 29 heteroatoms. The maximum absolute atomic E-state index is 6.82. The minimum atomic E-state index is 0. The standard InChI is InChI=1S/C32H18BrCl2N3O2S2.C32H16BrN3O2S2.C27H18N2O2S2.C6H2BrCl2I.Na.H/c33-19-15-20(34)30(21(35)16-19)38(24-11-9-17(13-28(24)41)31-36-22-5-1-3-7-26(22)39-31)25-12-10-18(14-29(25)42)32-37-23-6-2-4-8-27(23)40-32;33-19-15-28-30-29(16-19)40-27-14-18(32-35-21-6-2-4-8-25(21)38-32)10-12-23(27)36(30)22-11-9-17(13-26(22)39-28)31-34-20-5-1-3-7-24(20)37-31;32-24-14-18(26-28-20-5-1-3-7-22(20)30-26)11-9-16(24)13-17-10-12-19(15-25(17)33)27-29-21-6-2-4-8-23(21)31-27;7-3-1-4(8)6(10)5(9)2-3;;/h1-16,41-42H;1-16H;1-12,14-15,32-33H,13H2;1-2H;;/q;;;;+1;-1. The number of anilines is 6. The maximum Gasteiger partial charge on any atom is 1.00 e. The first kappa shape index (κ1) is 86.5. The van der Waals surface area contributed by atoms with Crippen molar-refractivity contribution in [2.75, 3.05) is 9.80 Å². The van der Waals surface area contributed by atoms with Crippen molar-refractivity contribution >= 4 is 292 Å². The third kappa shape index (κ3) is 17.7. The molecule has 14 nitrogen and oxygen atoms in total. The molecule has 21 aromatic rings. The molecule has 6 aromatic heterocycles. The molecule has 0 saturated heterocycles. The van der Waals surface area contributed by atoms with Crippen LogP contribution in [0, 0.1) is 3.57 Å². The van der Waals surface area contributed by atoms with Gasteiger partial charge in [-0.15, -0.1) is 50.5 Å².